The highest BCUT2D eigenvalue weighted by Gasteiger charge is 2.33. The molecular weight excluding hydrogens is 432 g/mol. The summed E-state index contributed by atoms with van der Waals surface area (Å²) in [5, 5.41) is 3.58. The van der Waals surface area contributed by atoms with Gasteiger partial charge in [0.2, 0.25) is 0 Å². The molecule has 1 atom stereocenters. The fourth-order valence-electron chi connectivity index (χ4n) is 2.56. The third-order valence-electron chi connectivity index (χ3n) is 3.59. The SMILES string of the molecule is Cl.Cl.FC(F)(F)CC[C@H](c1c(Cl)cnc(Cl)c1Cl)N1CCNCC1. The lowest BCUT2D eigenvalue weighted by atomic mass is 10.00. The molecule has 1 aromatic rings. The Kier molecular flexibility index (Phi) is 10.6. The van der Waals surface area contributed by atoms with Gasteiger partial charge in [-0.3, -0.25) is 4.90 Å². The largest absolute Gasteiger partial charge is 0.389 e. The minimum Gasteiger partial charge on any atom is -0.314 e. The number of alkyl halides is 3. The number of hydrogen-bond acceptors (Lipinski definition) is 3. The van der Waals surface area contributed by atoms with Gasteiger partial charge in [-0.25, -0.2) is 4.98 Å². The molecule has 3 nitrogen and oxygen atoms in total. The third kappa shape index (κ3) is 6.56. The average molecular weight is 450 g/mol. The molecule has 2 rings (SSSR count). The molecule has 0 saturated carbocycles. The van der Waals surface area contributed by atoms with E-state index in [0.717, 1.165) is 0 Å². The highest BCUT2D eigenvalue weighted by Crippen LogP contribution is 2.40. The maximum absolute atomic E-state index is 12.6. The van der Waals surface area contributed by atoms with Crippen molar-refractivity contribution >= 4 is 59.6 Å². The van der Waals surface area contributed by atoms with E-state index in [1.807, 2.05) is 4.90 Å². The van der Waals surface area contributed by atoms with Gasteiger partial charge in [-0.2, -0.15) is 13.2 Å². The van der Waals surface area contributed by atoms with Crippen molar-refractivity contribution in [3.63, 3.8) is 0 Å². The number of nitrogens with zero attached hydrogens (tertiary/aromatic N) is 2. The van der Waals surface area contributed by atoms with Gasteiger partial charge in [0.15, 0.2) is 0 Å². The van der Waals surface area contributed by atoms with Crippen LogP contribution in [0.1, 0.15) is 24.4 Å². The first-order chi connectivity index (χ1) is 10.3. The summed E-state index contributed by atoms with van der Waals surface area (Å²) in [6.07, 6.45) is -3.94. The van der Waals surface area contributed by atoms with Crippen LogP contribution >= 0.6 is 59.6 Å². The van der Waals surface area contributed by atoms with E-state index in [4.69, 9.17) is 34.8 Å². The van der Waals surface area contributed by atoms with Crippen LogP contribution in [-0.4, -0.2) is 42.2 Å². The van der Waals surface area contributed by atoms with Crippen LogP contribution in [0.3, 0.4) is 0 Å². The van der Waals surface area contributed by atoms with Gasteiger partial charge in [0.05, 0.1) is 10.0 Å². The molecule has 24 heavy (non-hydrogen) atoms. The third-order valence-corrected chi connectivity index (χ3v) is 4.66. The summed E-state index contributed by atoms with van der Waals surface area (Å²) >= 11 is 18.2. The normalized spacial score (nSPS) is 16.9. The number of pyridine rings is 1. The van der Waals surface area contributed by atoms with Crippen LogP contribution in [-0.2, 0) is 0 Å². The lowest BCUT2D eigenvalue weighted by Gasteiger charge is -2.36. The number of rotatable bonds is 4. The Balaban J connectivity index is 0.00000264. The molecule has 140 valence electrons. The number of halogens is 8. The van der Waals surface area contributed by atoms with Crippen molar-refractivity contribution in [3.8, 4) is 0 Å². The van der Waals surface area contributed by atoms with E-state index >= 15 is 0 Å². The number of nitrogens with one attached hydrogen (secondary N) is 1. The Morgan fingerprint density at radius 2 is 1.75 bits per heavy atom. The summed E-state index contributed by atoms with van der Waals surface area (Å²) in [6.45, 7) is 2.65. The number of hydrogen-bond donors (Lipinski definition) is 1. The van der Waals surface area contributed by atoms with Crippen LogP contribution in [0, 0.1) is 0 Å². The zero-order valence-corrected chi connectivity index (χ0v) is 16.3. The van der Waals surface area contributed by atoms with Gasteiger partial charge in [0.25, 0.3) is 0 Å². The van der Waals surface area contributed by atoms with Gasteiger partial charge in [0, 0.05) is 50.4 Å². The first kappa shape index (κ1) is 24.3. The Morgan fingerprint density at radius 3 is 2.29 bits per heavy atom. The molecule has 1 aliphatic rings. The molecule has 0 spiro atoms. The highest BCUT2D eigenvalue weighted by molar-refractivity contribution is 6.43. The fraction of sp³-hybridized carbons (Fsp3) is 0.615. The second-order valence-corrected chi connectivity index (χ2v) is 6.22. The van der Waals surface area contributed by atoms with E-state index in [9.17, 15) is 13.2 Å². The predicted molar refractivity (Wildman–Crippen MR) is 96.2 cm³/mol. The molecule has 0 amide bonds. The van der Waals surface area contributed by atoms with E-state index in [1.54, 1.807) is 0 Å². The second kappa shape index (κ2) is 10.5. The van der Waals surface area contributed by atoms with Crippen LogP contribution in [0.4, 0.5) is 13.2 Å². The number of aromatic nitrogens is 1. The summed E-state index contributed by atoms with van der Waals surface area (Å²) in [7, 11) is 0. The predicted octanol–water partition coefficient (Wildman–Crippen LogP) is 5.17. The van der Waals surface area contributed by atoms with Crippen molar-refractivity contribution in [2.45, 2.75) is 25.1 Å². The van der Waals surface area contributed by atoms with E-state index in [2.05, 4.69) is 10.3 Å². The lowest BCUT2D eigenvalue weighted by molar-refractivity contribution is -0.138. The summed E-state index contributed by atoms with van der Waals surface area (Å²) in [4.78, 5) is 5.77. The van der Waals surface area contributed by atoms with Gasteiger partial charge in [0.1, 0.15) is 5.15 Å². The summed E-state index contributed by atoms with van der Waals surface area (Å²) < 4.78 is 37.9. The van der Waals surface area contributed by atoms with Crippen LogP contribution in [0.25, 0.3) is 0 Å². The van der Waals surface area contributed by atoms with Crippen molar-refractivity contribution in [3.05, 3.63) is 27.0 Å². The minimum absolute atomic E-state index is 0. The van der Waals surface area contributed by atoms with Crippen LogP contribution in [0.15, 0.2) is 6.20 Å². The van der Waals surface area contributed by atoms with E-state index < -0.39 is 18.6 Å². The zero-order chi connectivity index (χ0) is 16.3. The Bertz CT molecular complexity index is 524. The molecule has 0 bridgehead atoms. The summed E-state index contributed by atoms with van der Waals surface area (Å²) in [5.74, 6) is 0. The molecular formula is C13H17Cl5F3N3. The topological polar surface area (TPSA) is 28.2 Å². The molecule has 0 radical (unpaired) electrons. The quantitative estimate of drug-likeness (QED) is 0.643. The average Bonchev–Trinajstić information content (AvgIpc) is 2.46. The molecule has 2 heterocycles. The molecule has 1 saturated heterocycles. The maximum atomic E-state index is 12.6. The molecule has 1 fully saturated rings. The maximum Gasteiger partial charge on any atom is 0.389 e. The highest BCUT2D eigenvalue weighted by atomic mass is 35.5. The zero-order valence-electron chi connectivity index (χ0n) is 12.4. The van der Waals surface area contributed by atoms with Gasteiger partial charge < -0.3 is 5.32 Å². The van der Waals surface area contributed by atoms with Crippen LogP contribution in [0.5, 0.6) is 0 Å². The molecule has 0 aromatic carbocycles. The van der Waals surface area contributed by atoms with Crippen molar-refractivity contribution in [1.29, 1.82) is 0 Å². The second-order valence-electron chi connectivity index (χ2n) is 5.08. The standard InChI is InChI=1S/C13H15Cl3F3N3.2ClH/c14-8-7-21-12(16)11(15)10(8)9(1-2-13(17,18)19)22-5-3-20-4-6-22;;/h7,9,20H,1-6H2;2*1H/t9-;;/m1../s1. The Labute approximate surface area is 166 Å². The molecule has 1 aliphatic heterocycles. The van der Waals surface area contributed by atoms with Crippen molar-refractivity contribution in [2.75, 3.05) is 26.2 Å². The first-order valence-corrected chi connectivity index (χ1v) is 7.94. The van der Waals surface area contributed by atoms with Crippen LogP contribution < -0.4 is 5.32 Å². The van der Waals surface area contributed by atoms with Crippen molar-refractivity contribution in [2.24, 2.45) is 0 Å². The van der Waals surface area contributed by atoms with E-state index in [-0.39, 0.29) is 46.4 Å². The fourth-order valence-corrected chi connectivity index (χ4v) is 3.31. The van der Waals surface area contributed by atoms with Gasteiger partial charge in [-0.05, 0) is 6.42 Å². The summed E-state index contributed by atoms with van der Waals surface area (Å²) in [5.41, 5.74) is 0.425. The van der Waals surface area contributed by atoms with Crippen molar-refractivity contribution in [1.82, 2.24) is 15.2 Å². The molecule has 11 heteroatoms. The summed E-state index contributed by atoms with van der Waals surface area (Å²) in [6, 6.07) is -0.538. The molecule has 0 unspecified atom stereocenters. The molecule has 0 aliphatic carbocycles. The van der Waals surface area contributed by atoms with Gasteiger partial charge in [-0.1, -0.05) is 34.8 Å². The molecule has 1 N–H and O–H groups in total. The van der Waals surface area contributed by atoms with E-state index in [1.165, 1.54) is 6.20 Å². The monoisotopic (exact) mass is 447 g/mol. The van der Waals surface area contributed by atoms with Gasteiger partial charge >= 0.3 is 6.18 Å². The lowest BCUT2D eigenvalue weighted by Crippen LogP contribution is -2.45. The first-order valence-electron chi connectivity index (χ1n) is 6.80. The Hall–Kier alpha value is 0.310. The van der Waals surface area contributed by atoms with Crippen LogP contribution in [0.2, 0.25) is 15.2 Å². The number of piperazine rings is 1. The minimum atomic E-state index is -4.23. The Morgan fingerprint density at radius 1 is 1.17 bits per heavy atom. The smallest absolute Gasteiger partial charge is 0.314 e. The van der Waals surface area contributed by atoms with Crippen molar-refractivity contribution < 1.29 is 13.2 Å². The van der Waals surface area contributed by atoms with Gasteiger partial charge in [-0.15, -0.1) is 24.8 Å². The molecule has 1 aromatic heterocycles. The van der Waals surface area contributed by atoms with E-state index in [0.29, 0.717) is 31.7 Å².